The van der Waals surface area contributed by atoms with Crippen LogP contribution in [0.3, 0.4) is 0 Å². The summed E-state index contributed by atoms with van der Waals surface area (Å²) in [4.78, 5) is 26.5. The monoisotopic (exact) mass is 380 g/mol. The molecule has 1 aromatic carbocycles. The third-order valence-electron chi connectivity index (χ3n) is 5.08. The molecule has 4 atom stereocenters. The van der Waals surface area contributed by atoms with Crippen molar-refractivity contribution in [2.45, 2.75) is 31.1 Å². The van der Waals surface area contributed by atoms with Crippen LogP contribution in [0.2, 0.25) is 0 Å². The quantitative estimate of drug-likeness (QED) is 0.699. The third-order valence-corrected chi connectivity index (χ3v) is 5.58. The second-order valence-electron chi connectivity index (χ2n) is 6.29. The molecule has 1 spiro atoms. The first kappa shape index (κ1) is 15.0. The van der Waals surface area contributed by atoms with E-state index in [-0.39, 0.29) is 30.1 Å². The summed E-state index contributed by atoms with van der Waals surface area (Å²) in [6, 6.07) is 5.18. The maximum Gasteiger partial charge on any atom is 0.325 e. The first-order chi connectivity index (χ1) is 10.9. The van der Waals surface area contributed by atoms with E-state index in [1.165, 1.54) is 7.05 Å². The number of ether oxygens (including phenoxy) is 2. The Labute approximate surface area is 142 Å². The van der Waals surface area contributed by atoms with E-state index < -0.39 is 5.54 Å². The molecular weight excluding hydrogens is 364 g/mol. The molecule has 3 aliphatic rings. The Balaban J connectivity index is 1.97. The number of carbonyl (C=O) groups is 2. The van der Waals surface area contributed by atoms with Gasteiger partial charge in [-0.05, 0) is 25.1 Å². The first-order valence-corrected chi connectivity index (χ1v) is 8.43. The van der Waals surface area contributed by atoms with Crippen molar-refractivity contribution in [3.63, 3.8) is 0 Å². The number of fused-ring (bicyclic) bond motifs is 4. The van der Waals surface area contributed by atoms with Crippen LogP contribution in [0.15, 0.2) is 22.7 Å². The molecule has 1 N–H and O–H groups in total. The van der Waals surface area contributed by atoms with Crippen molar-refractivity contribution in [2.24, 2.45) is 5.92 Å². The van der Waals surface area contributed by atoms with Crippen molar-refractivity contribution >= 4 is 27.9 Å². The number of halogens is 1. The number of nitrogens with zero attached hydrogens (tertiary/aromatic N) is 1. The van der Waals surface area contributed by atoms with E-state index in [9.17, 15) is 9.59 Å². The van der Waals surface area contributed by atoms with E-state index in [1.54, 1.807) is 0 Å². The van der Waals surface area contributed by atoms with Gasteiger partial charge < -0.3 is 14.8 Å². The van der Waals surface area contributed by atoms with E-state index in [0.717, 1.165) is 9.37 Å². The fourth-order valence-electron chi connectivity index (χ4n) is 4.05. The average Bonchev–Trinajstić information content (AvgIpc) is 2.74. The Bertz CT molecular complexity index is 709. The number of nitrogens with one attached hydrogen (secondary N) is 1. The summed E-state index contributed by atoms with van der Waals surface area (Å²) < 4.78 is 12.8. The lowest BCUT2D eigenvalue weighted by Crippen LogP contribution is -2.63. The standard InChI is InChI=1S/C16H17BrN2O4/c1-8-13-12(5-6-22-8)23-11-4-3-9(17)7-10(11)16(13)14(20)19(2)15(21)18-16/h3-4,7-8,12-13H,5-6H2,1-2H3,(H,18,21)/t8-,12-,13-,16+/m1/s1. The molecule has 3 amide bonds. The zero-order valence-corrected chi connectivity index (χ0v) is 14.4. The Morgan fingerprint density at radius 2 is 2.17 bits per heavy atom. The molecule has 6 nitrogen and oxygen atoms in total. The van der Waals surface area contributed by atoms with Crippen LogP contribution in [-0.2, 0) is 15.1 Å². The lowest BCUT2D eigenvalue weighted by Gasteiger charge is -2.49. The molecule has 0 aliphatic carbocycles. The van der Waals surface area contributed by atoms with Crippen molar-refractivity contribution < 1.29 is 19.1 Å². The Kier molecular flexibility index (Phi) is 3.22. The Hall–Kier alpha value is -1.60. The number of hydrogen-bond donors (Lipinski definition) is 1. The molecule has 3 heterocycles. The summed E-state index contributed by atoms with van der Waals surface area (Å²) in [5, 5.41) is 2.94. The number of likely N-dealkylation sites (N-methyl/N-ethyl adjacent to an activating group) is 1. The van der Waals surface area contributed by atoms with Gasteiger partial charge in [-0.15, -0.1) is 0 Å². The topological polar surface area (TPSA) is 67.9 Å². The SMILES string of the molecule is C[C@H]1OCC[C@H]2Oc3ccc(Br)cc3[C@]3(NC(=O)N(C)C3=O)[C@H]12. The highest BCUT2D eigenvalue weighted by molar-refractivity contribution is 9.10. The van der Waals surface area contributed by atoms with Gasteiger partial charge in [-0.2, -0.15) is 0 Å². The van der Waals surface area contributed by atoms with Gasteiger partial charge in [-0.25, -0.2) is 4.79 Å². The molecule has 0 aromatic heterocycles. The molecule has 2 fully saturated rings. The van der Waals surface area contributed by atoms with Crippen LogP contribution in [0, 0.1) is 5.92 Å². The minimum Gasteiger partial charge on any atom is -0.489 e. The average molecular weight is 381 g/mol. The van der Waals surface area contributed by atoms with Crippen LogP contribution in [0.25, 0.3) is 0 Å². The van der Waals surface area contributed by atoms with Crippen molar-refractivity contribution in [2.75, 3.05) is 13.7 Å². The minimum atomic E-state index is -1.13. The number of benzene rings is 1. The molecule has 0 radical (unpaired) electrons. The highest BCUT2D eigenvalue weighted by atomic mass is 79.9. The Morgan fingerprint density at radius 3 is 2.87 bits per heavy atom. The molecule has 122 valence electrons. The van der Waals surface area contributed by atoms with Gasteiger partial charge in [0.25, 0.3) is 5.91 Å². The van der Waals surface area contributed by atoms with E-state index >= 15 is 0 Å². The van der Waals surface area contributed by atoms with Crippen molar-refractivity contribution in [1.82, 2.24) is 10.2 Å². The number of rotatable bonds is 0. The van der Waals surface area contributed by atoms with Crippen LogP contribution in [0.4, 0.5) is 4.79 Å². The van der Waals surface area contributed by atoms with Gasteiger partial charge in [0.05, 0.1) is 18.6 Å². The van der Waals surface area contributed by atoms with Gasteiger partial charge in [0, 0.05) is 23.5 Å². The number of carbonyl (C=O) groups excluding carboxylic acids is 2. The van der Waals surface area contributed by atoms with Crippen LogP contribution in [-0.4, -0.2) is 42.7 Å². The van der Waals surface area contributed by atoms with Crippen molar-refractivity contribution in [3.05, 3.63) is 28.2 Å². The van der Waals surface area contributed by atoms with Crippen LogP contribution in [0.1, 0.15) is 18.9 Å². The van der Waals surface area contributed by atoms with E-state index in [0.29, 0.717) is 24.3 Å². The molecule has 0 saturated carbocycles. The molecule has 7 heteroatoms. The highest BCUT2D eigenvalue weighted by Crippen LogP contribution is 2.50. The number of imide groups is 1. The maximum atomic E-state index is 13.1. The summed E-state index contributed by atoms with van der Waals surface area (Å²) in [5.41, 5.74) is -0.443. The molecule has 2 saturated heterocycles. The van der Waals surface area contributed by atoms with Crippen LogP contribution >= 0.6 is 15.9 Å². The van der Waals surface area contributed by atoms with Crippen molar-refractivity contribution in [1.29, 1.82) is 0 Å². The lowest BCUT2D eigenvalue weighted by atomic mass is 9.69. The summed E-state index contributed by atoms with van der Waals surface area (Å²) in [5.74, 6) is 0.129. The zero-order valence-electron chi connectivity index (χ0n) is 12.8. The molecule has 4 rings (SSSR count). The molecule has 3 aliphatic heterocycles. The smallest absolute Gasteiger partial charge is 0.325 e. The van der Waals surface area contributed by atoms with Crippen LogP contribution < -0.4 is 10.1 Å². The fourth-order valence-corrected chi connectivity index (χ4v) is 4.41. The van der Waals surface area contributed by atoms with Crippen molar-refractivity contribution in [3.8, 4) is 5.75 Å². The van der Waals surface area contributed by atoms with E-state index in [2.05, 4.69) is 21.2 Å². The Morgan fingerprint density at radius 1 is 1.39 bits per heavy atom. The third kappa shape index (κ3) is 1.89. The largest absolute Gasteiger partial charge is 0.489 e. The molecule has 0 unspecified atom stereocenters. The minimum absolute atomic E-state index is 0.164. The van der Waals surface area contributed by atoms with Gasteiger partial charge in [0.2, 0.25) is 0 Å². The first-order valence-electron chi connectivity index (χ1n) is 7.63. The molecular formula is C16H17BrN2O4. The molecule has 0 bridgehead atoms. The lowest BCUT2D eigenvalue weighted by molar-refractivity contribution is -0.151. The van der Waals surface area contributed by atoms with Gasteiger partial charge in [0.15, 0.2) is 5.54 Å². The normalized spacial score (nSPS) is 35.6. The second kappa shape index (κ2) is 4.95. The zero-order chi connectivity index (χ0) is 16.4. The van der Waals surface area contributed by atoms with Gasteiger partial charge in [-0.1, -0.05) is 15.9 Å². The van der Waals surface area contributed by atoms with Crippen LogP contribution in [0.5, 0.6) is 5.75 Å². The predicted octanol–water partition coefficient (Wildman–Crippen LogP) is 2.01. The van der Waals surface area contributed by atoms with Gasteiger partial charge in [-0.3, -0.25) is 9.69 Å². The summed E-state index contributed by atoms with van der Waals surface area (Å²) in [6.45, 7) is 2.52. The number of amides is 3. The molecule has 1 aromatic rings. The summed E-state index contributed by atoms with van der Waals surface area (Å²) in [7, 11) is 1.50. The molecule has 23 heavy (non-hydrogen) atoms. The van der Waals surface area contributed by atoms with Gasteiger partial charge >= 0.3 is 6.03 Å². The summed E-state index contributed by atoms with van der Waals surface area (Å²) in [6.07, 6.45) is 0.332. The van der Waals surface area contributed by atoms with Gasteiger partial charge in [0.1, 0.15) is 11.9 Å². The second-order valence-corrected chi connectivity index (χ2v) is 7.21. The maximum absolute atomic E-state index is 13.1. The van der Waals surface area contributed by atoms with E-state index in [1.807, 2.05) is 25.1 Å². The predicted molar refractivity (Wildman–Crippen MR) is 85.1 cm³/mol. The van der Waals surface area contributed by atoms with E-state index in [4.69, 9.17) is 9.47 Å². The highest BCUT2D eigenvalue weighted by Gasteiger charge is 2.64. The number of urea groups is 1. The fraction of sp³-hybridized carbons (Fsp3) is 0.500. The summed E-state index contributed by atoms with van der Waals surface area (Å²) >= 11 is 3.45. The number of hydrogen-bond acceptors (Lipinski definition) is 4.